The number of benzene rings is 1. The van der Waals surface area contributed by atoms with Crippen molar-refractivity contribution < 1.29 is 13.2 Å². The molecule has 0 atom stereocenters. The van der Waals surface area contributed by atoms with E-state index < -0.39 is 10.0 Å². The van der Waals surface area contributed by atoms with E-state index in [1.807, 2.05) is 0 Å². The molecular formula is C13H14BrN3O3S. The molecule has 1 aromatic heterocycles. The van der Waals surface area contributed by atoms with Crippen molar-refractivity contribution in [2.24, 2.45) is 0 Å². The third-order valence-electron chi connectivity index (χ3n) is 2.81. The normalized spacial score (nSPS) is 11.2. The zero-order valence-corrected chi connectivity index (χ0v) is 13.8. The van der Waals surface area contributed by atoms with E-state index in [0.29, 0.717) is 17.0 Å². The first-order valence-electron chi connectivity index (χ1n) is 5.92. The van der Waals surface area contributed by atoms with Gasteiger partial charge in [0, 0.05) is 10.7 Å². The molecule has 0 amide bonds. The Hall–Kier alpha value is -1.80. The Kier molecular flexibility index (Phi) is 4.38. The van der Waals surface area contributed by atoms with Crippen molar-refractivity contribution >= 4 is 37.5 Å². The SMILES string of the molecule is COc1cc(Br)cc(C)c1NS(=O)(=O)c1cccnc1N. The molecule has 8 heteroatoms. The summed E-state index contributed by atoms with van der Waals surface area (Å²) in [7, 11) is -2.38. The summed E-state index contributed by atoms with van der Waals surface area (Å²) in [5, 5.41) is 0. The van der Waals surface area contributed by atoms with Crippen molar-refractivity contribution in [2.45, 2.75) is 11.8 Å². The predicted octanol–water partition coefficient (Wildman–Crippen LogP) is 2.54. The van der Waals surface area contributed by atoms with Gasteiger partial charge in [-0.2, -0.15) is 0 Å². The largest absolute Gasteiger partial charge is 0.495 e. The number of halogens is 1. The number of pyridine rings is 1. The van der Waals surface area contributed by atoms with E-state index in [9.17, 15) is 8.42 Å². The van der Waals surface area contributed by atoms with Crippen LogP contribution in [0.4, 0.5) is 11.5 Å². The molecule has 1 heterocycles. The van der Waals surface area contributed by atoms with Crippen molar-refractivity contribution in [3.63, 3.8) is 0 Å². The van der Waals surface area contributed by atoms with Gasteiger partial charge in [0.2, 0.25) is 0 Å². The number of anilines is 2. The van der Waals surface area contributed by atoms with Gasteiger partial charge in [0.25, 0.3) is 10.0 Å². The number of methoxy groups -OCH3 is 1. The molecule has 0 fully saturated rings. The second-order valence-electron chi connectivity index (χ2n) is 4.29. The number of nitrogen functional groups attached to an aromatic ring is 1. The molecule has 1 aromatic carbocycles. The lowest BCUT2D eigenvalue weighted by molar-refractivity contribution is 0.416. The van der Waals surface area contributed by atoms with Crippen molar-refractivity contribution in [3.05, 3.63) is 40.5 Å². The van der Waals surface area contributed by atoms with Gasteiger partial charge < -0.3 is 10.5 Å². The van der Waals surface area contributed by atoms with E-state index in [1.54, 1.807) is 19.1 Å². The molecule has 2 aromatic rings. The van der Waals surface area contributed by atoms with Gasteiger partial charge in [-0.05, 0) is 36.8 Å². The Balaban J connectivity index is 2.50. The van der Waals surface area contributed by atoms with Crippen molar-refractivity contribution in [3.8, 4) is 5.75 Å². The first kappa shape index (κ1) is 15.6. The Morgan fingerprint density at radius 3 is 2.71 bits per heavy atom. The second kappa shape index (κ2) is 5.90. The molecule has 0 saturated carbocycles. The zero-order valence-electron chi connectivity index (χ0n) is 11.4. The number of ether oxygens (including phenoxy) is 1. The smallest absolute Gasteiger partial charge is 0.265 e. The van der Waals surface area contributed by atoms with E-state index in [2.05, 4.69) is 25.6 Å². The van der Waals surface area contributed by atoms with Crippen LogP contribution in [0.15, 0.2) is 39.8 Å². The van der Waals surface area contributed by atoms with Crippen molar-refractivity contribution in [1.82, 2.24) is 4.98 Å². The Bertz CT molecular complexity index is 778. The number of nitrogens with zero attached hydrogens (tertiary/aromatic N) is 1. The summed E-state index contributed by atoms with van der Waals surface area (Å²) in [4.78, 5) is 3.71. The number of nitrogens with two attached hydrogens (primary N) is 1. The van der Waals surface area contributed by atoms with Gasteiger partial charge in [0.15, 0.2) is 0 Å². The molecule has 0 saturated heterocycles. The van der Waals surface area contributed by atoms with Crippen LogP contribution in [0, 0.1) is 6.92 Å². The second-order valence-corrected chi connectivity index (χ2v) is 6.86. The van der Waals surface area contributed by atoms with Gasteiger partial charge in [-0.1, -0.05) is 15.9 Å². The summed E-state index contributed by atoms with van der Waals surface area (Å²) < 4.78 is 33.4. The number of nitrogens with one attached hydrogen (secondary N) is 1. The molecule has 3 N–H and O–H groups in total. The van der Waals surface area contributed by atoms with Crippen molar-refractivity contribution in [1.29, 1.82) is 0 Å². The summed E-state index contributed by atoms with van der Waals surface area (Å²) in [6.07, 6.45) is 1.43. The molecule has 6 nitrogen and oxygen atoms in total. The number of hydrogen-bond donors (Lipinski definition) is 2. The lowest BCUT2D eigenvalue weighted by atomic mass is 10.2. The van der Waals surface area contributed by atoms with E-state index in [0.717, 1.165) is 4.47 Å². The van der Waals surface area contributed by atoms with Crippen LogP contribution in [0.5, 0.6) is 5.75 Å². The first-order chi connectivity index (χ1) is 9.85. The van der Waals surface area contributed by atoms with Crippen LogP contribution in [0.25, 0.3) is 0 Å². The standard InChI is InChI=1S/C13H14BrN3O3S/c1-8-6-9(14)7-10(20-2)12(8)17-21(18,19)11-4-3-5-16-13(11)15/h3-7,17H,1-2H3,(H2,15,16). The fourth-order valence-electron chi connectivity index (χ4n) is 1.82. The number of hydrogen-bond acceptors (Lipinski definition) is 5. The summed E-state index contributed by atoms with van der Waals surface area (Å²) >= 11 is 3.34. The molecule has 0 aliphatic heterocycles. The monoisotopic (exact) mass is 371 g/mol. The lowest BCUT2D eigenvalue weighted by Gasteiger charge is -2.15. The maximum Gasteiger partial charge on any atom is 0.265 e. The van der Waals surface area contributed by atoms with Crippen LogP contribution < -0.4 is 15.2 Å². The maximum atomic E-state index is 12.4. The quantitative estimate of drug-likeness (QED) is 0.860. The molecule has 2 rings (SSSR count). The fourth-order valence-corrected chi connectivity index (χ4v) is 3.60. The van der Waals surface area contributed by atoms with E-state index in [-0.39, 0.29) is 10.7 Å². The first-order valence-corrected chi connectivity index (χ1v) is 8.20. The van der Waals surface area contributed by atoms with Crippen LogP contribution >= 0.6 is 15.9 Å². The zero-order chi connectivity index (χ0) is 15.6. The highest BCUT2D eigenvalue weighted by Gasteiger charge is 2.21. The molecule has 0 spiro atoms. The Morgan fingerprint density at radius 2 is 2.10 bits per heavy atom. The molecule has 0 aliphatic rings. The summed E-state index contributed by atoms with van der Waals surface area (Å²) in [6, 6.07) is 6.37. The van der Waals surface area contributed by atoms with Crippen molar-refractivity contribution in [2.75, 3.05) is 17.6 Å². The predicted molar refractivity (Wildman–Crippen MR) is 84.9 cm³/mol. The Morgan fingerprint density at radius 1 is 1.38 bits per heavy atom. The molecule has 0 radical (unpaired) electrons. The van der Waals surface area contributed by atoms with Crippen LogP contribution in [0.1, 0.15) is 5.56 Å². The minimum Gasteiger partial charge on any atom is -0.495 e. The molecular weight excluding hydrogens is 358 g/mol. The van der Waals surface area contributed by atoms with E-state index >= 15 is 0 Å². The minimum absolute atomic E-state index is 0.0567. The fraction of sp³-hybridized carbons (Fsp3) is 0.154. The van der Waals surface area contributed by atoms with Gasteiger partial charge in [0.1, 0.15) is 16.5 Å². The van der Waals surface area contributed by atoms with E-state index in [1.165, 1.54) is 25.4 Å². The van der Waals surface area contributed by atoms with Crippen LogP contribution in [-0.4, -0.2) is 20.5 Å². The van der Waals surface area contributed by atoms with Gasteiger partial charge in [-0.15, -0.1) is 0 Å². The molecule has 0 bridgehead atoms. The highest BCUT2D eigenvalue weighted by Crippen LogP contribution is 2.34. The molecule has 0 unspecified atom stereocenters. The van der Waals surface area contributed by atoms with Crippen LogP contribution in [-0.2, 0) is 10.0 Å². The number of aromatic nitrogens is 1. The average Bonchev–Trinajstić information content (AvgIpc) is 2.41. The van der Waals surface area contributed by atoms with Crippen LogP contribution in [0.3, 0.4) is 0 Å². The highest BCUT2D eigenvalue weighted by molar-refractivity contribution is 9.10. The third-order valence-corrected chi connectivity index (χ3v) is 4.66. The number of aryl methyl sites for hydroxylation is 1. The summed E-state index contributed by atoms with van der Waals surface area (Å²) in [5.74, 6) is 0.353. The number of rotatable bonds is 4. The molecule has 0 aliphatic carbocycles. The van der Waals surface area contributed by atoms with Gasteiger partial charge in [-0.25, -0.2) is 13.4 Å². The van der Waals surface area contributed by atoms with Gasteiger partial charge >= 0.3 is 0 Å². The minimum atomic E-state index is -3.84. The summed E-state index contributed by atoms with van der Waals surface area (Å²) in [5.41, 5.74) is 6.70. The molecule has 112 valence electrons. The topological polar surface area (TPSA) is 94.3 Å². The Labute approximate surface area is 131 Å². The number of sulfonamides is 1. The van der Waals surface area contributed by atoms with E-state index in [4.69, 9.17) is 10.5 Å². The third kappa shape index (κ3) is 3.27. The lowest BCUT2D eigenvalue weighted by Crippen LogP contribution is -2.16. The average molecular weight is 372 g/mol. The van der Waals surface area contributed by atoms with Gasteiger partial charge in [-0.3, -0.25) is 4.72 Å². The summed E-state index contributed by atoms with van der Waals surface area (Å²) in [6.45, 7) is 1.78. The molecule has 21 heavy (non-hydrogen) atoms. The van der Waals surface area contributed by atoms with Crippen LogP contribution in [0.2, 0.25) is 0 Å². The maximum absolute atomic E-state index is 12.4. The van der Waals surface area contributed by atoms with Gasteiger partial charge in [0.05, 0.1) is 12.8 Å². The highest BCUT2D eigenvalue weighted by atomic mass is 79.9.